The molecule has 1 aromatic heterocycles. The maximum absolute atomic E-state index is 11.7. The molecule has 0 saturated carbocycles. The lowest BCUT2D eigenvalue weighted by Crippen LogP contribution is -2.40. The van der Waals surface area contributed by atoms with Crippen molar-refractivity contribution in [2.45, 2.75) is 39.2 Å². The summed E-state index contributed by atoms with van der Waals surface area (Å²) in [7, 11) is 1.33. The van der Waals surface area contributed by atoms with E-state index in [9.17, 15) is 9.59 Å². The Labute approximate surface area is 147 Å². The summed E-state index contributed by atoms with van der Waals surface area (Å²) in [6, 6.07) is 1.64. The molecule has 25 heavy (non-hydrogen) atoms. The number of aromatic nitrogens is 2. The fourth-order valence-corrected chi connectivity index (χ4v) is 2.64. The molecule has 1 aliphatic heterocycles. The Kier molecular flexibility index (Phi) is 6.17. The largest absolute Gasteiger partial charge is 0.464 e. The van der Waals surface area contributed by atoms with Gasteiger partial charge in [0.15, 0.2) is 5.69 Å². The molecule has 0 aliphatic carbocycles. The van der Waals surface area contributed by atoms with Crippen molar-refractivity contribution in [1.82, 2.24) is 15.3 Å². The minimum atomic E-state index is -0.488. The molecule has 1 aliphatic rings. The SMILES string of the molecule is COC(=O)c1cc(N2CCC(CNC(=O)OC(C)(C)C)CC2)ncn1. The van der Waals surface area contributed by atoms with Crippen LogP contribution in [0.15, 0.2) is 12.4 Å². The van der Waals surface area contributed by atoms with Gasteiger partial charge in [-0.15, -0.1) is 0 Å². The summed E-state index contributed by atoms with van der Waals surface area (Å²) in [6.07, 6.45) is 2.84. The van der Waals surface area contributed by atoms with Crippen LogP contribution in [0.5, 0.6) is 0 Å². The van der Waals surface area contributed by atoms with Crippen LogP contribution in [0.25, 0.3) is 0 Å². The van der Waals surface area contributed by atoms with Gasteiger partial charge in [0.2, 0.25) is 0 Å². The van der Waals surface area contributed by atoms with Gasteiger partial charge in [-0.25, -0.2) is 19.6 Å². The zero-order chi connectivity index (χ0) is 18.4. The normalized spacial score (nSPS) is 15.6. The third-order valence-electron chi connectivity index (χ3n) is 3.92. The molecule has 0 atom stereocenters. The van der Waals surface area contributed by atoms with Crippen molar-refractivity contribution in [1.29, 1.82) is 0 Å². The molecular formula is C17H26N4O4. The number of carbonyl (C=O) groups excluding carboxylic acids is 2. The Hall–Kier alpha value is -2.38. The standard InChI is InChI=1S/C17H26N4O4/c1-17(2,3)25-16(23)18-10-12-5-7-21(8-6-12)14-9-13(15(22)24-4)19-11-20-14/h9,11-12H,5-8,10H2,1-4H3,(H,18,23). The van der Waals surface area contributed by atoms with Crippen LogP contribution >= 0.6 is 0 Å². The number of amides is 1. The molecule has 2 heterocycles. The number of hydrogen-bond acceptors (Lipinski definition) is 7. The number of anilines is 1. The lowest BCUT2D eigenvalue weighted by Gasteiger charge is -2.33. The maximum Gasteiger partial charge on any atom is 0.407 e. The molecule has 1 aromatic rings. The van der Waals surface area contributed by atoms with Crippen LogP contribution in [0.4, 0.5) is 10.6 Å². The van der Waals surface area contributed by atoms with Crippen LogP contribution in [-0.4, -0.2) is 54.4 Å². The maximum atomic E-state index is 11.7. The molecule has 0 radical (unpaired) electrons. The average Bonchev–Trinajstić information content (AvgIpc) is 2.58. The van der Waals surface area contributed by atoms with Gasteiger partial charge in [-0.05, 0) is 39.5 Å². The average molecular weight is 350 g/mol. The summed E-state index contributed by atoms with van der Waals surface area (Å²) >= 11 is 0. The summed E-state index contributed by atoms with van der Waals surface area (Å²) < 4.78 is 9.93. The number of methoxy groups -OCH3 is 1. The predicted octanol–water partition coefficient (Wildman–Crippen LogP) is 2.00. The van der Waals surface area contributed by atoms with Gasteiger partial charge in [-0.1, -0.05) is 0 Å². The van der Waals surface area contributed by atoms with E-state index in [1.54, 1.807) is 6.07 Å². The van der Waals surface area contributed by atoms with Crippen LogP contribution in [0.1, 0.15) is 44.1 Å². The van der Waals surface area contributed by atoms with Gasteiger partial charge in [0.25, 0.3) is 0 Å². The van der Waals surface area contributed by atoms with E-state index in [2.05, 4.69) is 24.9 Å². The number of ether oxygens (including phenoxy) is 2. The molecule has 1 N–H and O–H groups in total. The van der Waals surface area contributed by atoms with Gasteiger partial charge in [0.1, 0.15) is 17.7 Å². The van der Waals surface area contributed by atoms with E-state index in [4.69, 9.17) is 4.74 Å². The fourth-order valence-electron chi connectivity index (χ4n) is 2.64. The van der Waals surface area contributed by atoms with Gasteiger partial charge < -0.3 is 19.7 Å². The van der Waals surface area contributed by atoms with Crippen molar-refractivity contribution in [3.8, 4) is 0 Å². The monoisotopic (exact) mass is 350 g/mol. The number of alkyl carbamates (subject to hydrolysis) is 1. The molecule has 0 unspecified atom stereocenters. The second-order valence-corrected chi connectivity index (χ2v) is 7.07. The molecule has 0 aromatic carbocycles. The summed E-state index contributed by atoms with van der Waals surface area (Å²) in [4.78, 5) is 33.5. The van der Waals surface area contributed by atoms with Crippen molar-refractivity contribution in [2.75, 3.05) is 31.6 Å². The van der Waals surface area contributed by atoms with Gasteiger partial charge >= 0.3 is 12.1 Å². The molecule has 8 nitrogen and oxygen atoms in total. The second kappa shape index (κ2) is 8.13. The number of nitrogens with one attached hydrogen (secondary N) is 1. The summed E-state index contributed by atoms with van der Waals surface area (Å²) in [5.41, 5.74) is -0.237. The first-order valence-corrected chi connectivity index (χ1v) is 8.40. The molecular weight excluding hydrogens is 324 g/mol. The third kappa shape index (κ3) is 5.88. The van der Waals surface area contributed by atoms with E-state index in [0.29, 0.717) is 18.3 Å². The molecule has 138 valence electrons. The summed E-state index contributed by atoms with van der Waals surface area (Å²) in [5, 5.41) is 2.83. The minimum absolute atomic E-state index is 0.251. The zero-order valence-electron chi connectivity index (χ0n) is 15.2. The highest BCUT2D eigenvalue weighted by Crippen LogP contribution is 2.21. The van der Waals surface area contributed by atoms with E-state index < -0.39 is 11.6 Å². The highest BCUT2D eigenvalue weighted by molar-refractivity contribution is 5.87. The van der Waals surface area contributed by atoms with E-state index in [0.717, 1.165) is 25.9 Å². The Balaban J connectivity index is 1.82. The summed E-state index contributed by atoms with van der Waals surface area (Å²) in [6.45, 7) is 7.73. The molecule has 2 rings (SSSR count). The summed E-state index contributed by atoms with van der Waals surface area (Å²) in [5.74, 6) is 0.639. The van der Waals surface area contributed by atoms with Crippen molar-refractivity contribution in [3.63, 3.8) is 0 Å². The third-order valence-corrected chi connectivity index (χ3v) is 3.92. The number of carbonyl (C=O) groups is 2. The van der Waals surface area contributed by atoms with E-state index in [1.807, 2.05) is 20.8 Å². The lowest BCUT2D eigenvalue weighted by atomic mass is 9.97. The molecule has 8 heteroatoms. The van der Waals surface area contributed by atoms with Crippen LogP contribution in [0.2, 0.25) is 0 Å². The van der Waals surface area contributed by atoms with E-state index in [-0.39, 0.29) is 11.8 Å². The molecule has 0 bridgehead atoms. The van der Waals surface area contributed by atoms with Crippen LogP contribution in [-0.2, 0) is 9.47 Å². The van der Waals surface area contributed by atoms with Gasteiger partial charge in [0.05, 0.1) is 7.11 Å². The zero-order valence-corrected chi connectivity index (χ0v) is 15.2. The topological polar surface area (TPSA) is 93.7 Å². The highest BCUT2D eigenvalue weighted by Gasteiger charge is 2.23. The number of rotatable bonds is 4. The smallest absolute Gasteiger partial charge is 0.407 e. The Morgan fingerprint density at radius 2 is 1.96 bits per heavy atom. The lowest BCUT2D eigenvalue weighted by molar-refractivity contribution is 0.0515. The van der Waals surface area contributed by atoms with Crippen molar-refractivity contribution in [2.24, 2.45) is 5.92 Å². The Bertz CT molecular complexity index is 607. The first-order chi connectivity index (χ1) is 11.8. The van der Waals surface area contributed by atoms with Crippen molar-refractivity contribution < 1.29 is 19.1 Å². The van der Waals surface area contributed by atoms with Gasteiger partial charge in [-0.3, -0.25) is 0 Å². The van der Waals surface area contributed by atoms with Crippen LogP contribution in [0, 0.1) is 5.92 Å². The Morgan fingerprint density at radius 1 is 1.28 bits per heavy atom. The van der Waals surface area contributed by atoms with Gasteiger partial charge in [-0.2, -0.15) is 0 Å². The second-order valence-electron chi connectivity index (χ2n) is 7.07. The first-order valence-electron chi connectivity index (χ1n) is 8.40. The molecule has 1 amide bonds. The minimum Gasteiger partial charge on any atom is -0.464 e. The van der Waals surface area contributed by atoms with Crippen molar-refractivity contribution in [3.05, 3.63) is 18.1 Å². The van der Waals surface area contributed by atoms with E-state index >= 15 is 0 Å². The van der Waals surface area contributed by atoms with Crippen LogP contribution < -0.4 is 10.2 Å². The number of hydrogen-bond donors (Lipinski definition) is 1. The predicted molar refractivity (Wildman–Crippen MR) is 92.5 cm³/mol. The van der Waals surface area contributed by atoms with Gasteiger partial charge in [0, 0.05) is 25.7 Å². The Morgan fingerprint density at radius 3 is 2.56 bits per heavy atom. The first kappa shape index (κ1) is 19.0. The van der Waals surface area contributed by atoms with Crippen LogP contribution in [0.3, 0.4) is 0 Å². The van der Waals surface area contributed by atoms with E-state index in [1.165, 1.54) is 13.4 Å². The molecule has 1 fully saturated rings. The highest BCUT2D eigenvalue weighted by atomic mass is 16.6. The quantitative estimate of drug-likeness (QED) is 0.830. The number of esters is 1. The number of piperidine rings is 1. The number of nitrogens with zero attached hydrogens (tertiary/aromatic N) is 3. The molecule has 1 saturated heterocycles. The molecule has 0 spiro atoms. The fraction of sp³-hybridized carbons (Fsp3) is 0.647. The van der Waals surface area contributed by atoms with Crippen molar-refractivity contribution >= 4 is 17.9 Å².